The lowest BCUT2D eigenvalue weighted by Gasteiger charge is -2.13. The van der Waals surface area contributed by atoms with E-state index >= 15 is 0 Å². The summed E-state index contributed by atoms with van der Waals surface area (Å²) in [7, 11) is 0. The number of nitrogens with zero attached hydrogens (tertiary/aromatic N) is 2. The molecule has 2 aromatic carbocycles. The van der Waals surface area contributed by atoms with Crippen molar-refractivity contribution in [2.75, 3.05) is 5.32 Å². The molecule has 1 aromatic heterocycles. The summed E-state index contributed by atoms with van der Waals surface area (Å²) in [5.74, 6) is -0.198. The first kappa shape index (κ1) is 21.6. The second-order valence-electron chi connectivity index (χ2n) is 7.75. The molecule has 1 fully saturated rings. The molecule has 0 atom stereocenters. The fourth-order valence-corrected chi connectivity index (χ4v) is 3.27. The fourth-order valence-electron chi connectivity index (χ4n) is 3.27. The molecule has 32 heavy (non-hydrogen) atoms. The van der Waals surface area contributed by atoms with Gasteiger partial charge in [-0.1, -0.05) is 18.2 Å². The number of aromatic nitrogens is 2. The quantitative estimate of drug-likeness (QED) is 0.604. The molecule has 0 unspecified atom stereocenters. The van der Waals surface area contributed by atoms with E-state index in [4.69, 9.17) is 0 Å². The van der Waals surface area contributed by atoms with Crippen LogP contribution >= 0.6 is 0 Å². The van der Waals surface area contributed by atoms with Crippen molar-refractivity contribution in [1.82, 2.24) is 14.9 Å². The van der Waals surface area contributed by atoms with E-state index in [1.165, 1.54) is 29.1 Å². The minimum Gasteiger partial charge on any atom is -0.361 e. The molecule has 0 bridgehead atoms. The third-order valence-corrected chi connectivity index (χ3v) is 5.20. The molecule has 166 valence electrons. The Morgan fingerprint density at radius 2 is 1.97 bits per heavy atom. The van der Waals surface area contributed by atoms with Crippen LogP contribution in [0.15, 0.2) is 59.7 Å². The zero-order chi connectivity index (χ0) is 22.9. The van der Waals surface area contributed by atoms with Crippen LogP contribution in [0.25, 0.3) is 5.69 Å². The Morgan fingerprint density at radius 1 is 1.19 bits per heavy atom. The van der Waals surface area contributed by atoms with E-state index in [9.17, 15) is 22.8 Å². The van der Waals surface area contributed by atoms with Crippen molar-refractivity contribution in [1.29, 1.82) is 0 Å². The number of amides is 1. The van der Waals surface area contributed by atoms with Crippen molar-refractivity contribution < 1.29 is 18.0 Å². The number of anilines is 1. The molecule has 1 heterocycles. The van der Waals surface area contributed by atoms with Gasteiger partial charge in [-0.2, -0.15) is 13.2 Å². The molecular formula is C23H21F3N4O2. The monoisotopic (exact) mass is 442 g/mol. The van der Waals surface area contributed by atoms with Gasteiger partial charge in [-0.3, -0.25) is 14.2 Å². The molecule has 0 saturated heterocycles. The minimum absolute atomic E-state index is 0.00100. The summed E-state index contributed by atoms with van der Waals surface area (Å²) in [6, 6.07) is 10.2. The maximum Gasteiger partial charge on any atom is 0.416 e. The van der Waals surface area contributed by atoms with Crippen molar-refractivity contribution in [2.24, 2.45) is 0 Å². The zero-order valence-corrected chi connectivity index (χ0v) is 17.2. The summed E-state index contributed by atoms with van der Waals surface area (Å²) in [6.07, 6.45) is 0.404. The van der Waals surface area contributed by atoms with Gasteiger partial charge in [0.2, 0.25) is 0 Å². The predicted octanol–water partition coefficient (Wildman–Crippen LogP) is 4.06. The number of aryl methyl sites for hydroxylation is 1. The Bertz CT molecular complexity index is 1220. The number of alkyl halides is 3. The SMILES string of the molecule is Cc1ccc(C(=O)NC2CC2)cc1-n1ccnc(NCc2cccc(C(F)(F)F)c2)c1=O. The van der Waals surface area contributed by atoms with Crippen LogP contribution in [0.1, 0.15) is 39.9 Å². The number of halogens is 3. The molecule has 6 nitrogen and oxygen atoms in total. The Hall–Kier alpha value is -3.62. The highest BCUT2D eigenvalue weighted by molar-refractivity contribution is 5.95. The van der Waals surface area contributed by atoms with Crippen LogP contribution < -0.4 is 16.2 Å². The Labute approximate surface area is 182 Å². The van der Waals surface area contributed by atoms with E-state index in [1.54, 1.807) is 18.2 Å². The summed E-state index contributed by atoms with van der Waals surface area (Å²) in [5, 5.41) is 5.73. The molecule has 1 saturated carbocycles. The number of carbonyl (C=O) groups excluding carboxylic acids is 1. The van der Waals surface area contributed by atoms with Gasteiger partial charge in [0, 0.05) is 30.5 Å². The molecule has 0 spiro atoms. The van der Waals surface area contributed by atoms with Crippen LogP contribution in [0, 0.1) is 6.92 Å². The predicted molar refractivity (Wildman–Crippen MR) is 114 cm³/mol. The second-order valence-corrected chi connectivity index (χ2v) is 7.75. The largest absolute Gasteiger partial charge is 0.416 e. The standard InChI is InChI=1S/C23H21F3N4O2/c1-14-5-6-16(21(31)29-18-7-8-18)12-19(14)30-10-9-27-20(22(30)32)28-13-15-3-2-4-17(11-15)23(24,25)26/h2-6,9-12,18H,7-8,13H2,1H3,(H,27,28)(H,29,31). The highest BCUT2D eigenvalue weighted by Crippen LogP contribution is 2.29. The lowest BCUT2D eigenvalue weighted by Crippen LogP contribution is -2.26. The van der Waals surface area contributed by atoms with E-state index in [0.717, 1.165) is 30.5 Å². The molecule has 4 rings (SSSR count). The van der Waals surface area contributed by atoms with Crippen LogP contribution in [0.5, 0.6) is 0 Å². The molecule has 3 aromatic rings. The summed E-state index contributed by atoms with van der Waals surface area (Å²) in [4.78, 5) is 29.4. The zero-order valence-electron chi connectivity index (χ0n) is 17.2. The highest BCUT2D eigenvalue weighted by atomic mass is 19.4. The summed E-state index contributed by atoms with van der Waals surface area (Å²) >= 11 is 0. The van der Waals surface area contributed by atoms with Gasteiger partial charge in [0.1, 0.15) is 0 Å². The van der Waals surface area contributed by atoms with Gasteiger partial charge >= 0.3 is 6.18 Å². The van der Waals surface area contributed by atoms with Crippen molar-refractivity contribution in [2.45, 2.75) is 38.5 Å². The van der Waals surface area contributed by atoms with Crippen LogP contribution in [-0.4, -0.2) is 21.5 Å². The van der Waals surface area contributed by atoms with Crippen LogP contribution in [-0.2, 0) is 12.7 Å². The topological polar surface area (TPSA) is 76.0 Å². The van der Waals surface area contributed by atoms with E-state index < -0.39 is 17.3 Å². The van der Waals surface area contributed by atoms with E-state index in [1.807, 2.05) is 6.92 Å². The maximum absolute atomic E-state index is 13.0. The lowest BCUT2D eigenvalue weighted by molar-refractivity contribution is -0.137. The van der Waals surface area contributed by atoms with Gasteiger partial charge < -0.3 is 10.6 Å². The summed E-state index contributed by atoms with van der Waals surface area (Å²) in [6.45, 7) is 1.82. The Morgan fingerprint density at radius 3 is 2.69 bits per heavy atom. The number of benzene rings is 2. The number of carbonyl (C=O) groups is 1. The van der Waals surface area contributed by atoms with Crippen LogP contribution in [0.2, 0.25) is 0 Å². The van der Waals surface area contributed by atoms with Crippen molar-refractivity contribution in [3.05, 3.63) is 87.5 Å². The smallest absolute Gasteiger partial charge is 0.361 e. The summed E-state index contributed by atoms with van der Waals surface area (Å²) in [5.41, 5.74) is 0.897. The lowest BCUT2D eigenvalue weighted by atomic mass is 10.1. The van der Waals surface area contributed by atoms with Gasteiger partial charge in [0.25, 0.3) is 11.5 Å². The molecule has 9 heteroatoms. The third kappa shape index (κ3) is 4.82. The molecule has 0 radical (unpaired) electrons. The van der Waals surface area contributed by atoms with Crippen molar-refractivity contribution in [3.8, 4) is 5.69 Å². The number of hydrogen-bond acceptors (Lipinski definition) is 4. The highest BCUT2D eigenvalue weighted by Gasteiger charge is 2.30. The number of nitrogens with one attached hydrogen (secondary N) is 2. The Kier molecular flexibility index (Phi) is 5.73. The van der Waals surface area contributed by atoms with E-state index in [2.05, 4.69) is 15.6 Å². The van der Waals surface area contributed by atoms with Gasteiger partial charge in [0.15, 0.2) is 5.82 Å². The summed E-state index contributed by atoms with van der Waals surface area (Å²) < 4.78 is 40.1. The van der Waals surface area contributed by atoms with Crippen LogP contribution in [0.4, 0.5) is 19.0 Å². The van der Waals surface area contributed by atoms with Gasteiger partial charge in [-0.25, -0.2) is 4.98 Å². The van der Waals surface area contributed by atoms with Gasteiger partial charge in [-0.15, -0.1) is 0 Å². The van der Waals surface area contributed by atoms with Gasteiger partial charge in [0.05, 0.1) is 11.3 Å². The van der Waals surface area contributed by atoms with E-state index in [-0.39, 0.29) is 24.3 Å². The van der Waals surface area contributed by atoms with E-state index in [0.29, 0.717) is 16.8 Å². The fraction of sp³-hybridized carbons (Fsp3) is 0.261. The van der Waals surface area contributed by atoms with Crippen molar-refractivity contribution in [3.63, 3.8) is 0 Å². The average molecular weight is 442 g/mol. The normalized spacial score (nSPS) is 13.6. The molecule has 2 N–H and O–H groups in total. The first-order valence-corrected chi connectivity index (χ1v) is 10.1. The number of rotatable bonds is 6. The van der Waals surface area contributed by atoms with Gasteiger partial charge in [-0.05, 0) is 55.2 Å². The van der Waals surface area contributed by atoms with Crippen LogP contribution in [0.3, 0.4) is 0 Å². The number of hydrogen-bond donors (Lipinski definition) is 2. The average Bonchev–Trinajstić information content (AvgIpc) is 3.57. The minimum atomic E-state index is -4.44. The first-order chi connectivity index (χ1) is 15.2. The maximum atomic E-state index is 13.0. The Balaban J connectivity index is 1.58. The molecular weight excluding hydrogens is 421 g/mol. The third-order valence-electron chi connectivity index (χ3n) is 5.20. The molecule has 1 aliphatic rings. The second kappa shape index (κ2) is 8.49. The molecule has 1 aliphatic carbocycles. The van der Waals surface area contributed by atoms with Crippen molar-refractivity contribution >= 4 is 11.7 Å². The first-order valence-electron chi connectivity index (χ1n) is 10.1. The molecule has 0 aliphatic heterocycles. The molecule has 1 amide bonds.